The van der Waals surface area contributed by atoms with E-state index in [0.717, 1.165) is 6.42 Å². The number of hydrogen-bond donors (Lipinski definition) is 2. The molecule has 1 aromatic carbocycles. The summed E-state index contributed by atoms with van der Waals surface area (Å²) in [6, 6.07) is 5.70. The Morgan fingerprint density at radius 3 is 2.65 bits per heavy atom. The van der Waals surface area contributed by atoms with Crippen molar-refractivity contribution in [3.05, 3.63) is 23.8 Å². The summed E-state index contributed by atoms with van der Waals surface area (Å²) in [7, 11) is 0. The molecular formula is C12H12N2O3. The van der Waals surface area contributed by atoms with E-state index in [0.29, 0.717) is 13.0 Å². The topological polar surface area (TPSA) is 84.6 Å². The normalized spacial score (nSPS) is 19.0. The molecule has 1 fully saturated rings. The van der Waals surface area contributed by atoms with Gasteiger partial charge in [0, 0.05) is 6.54 Å². The number of carbonyl (C=O) groups is 1. The van der Waals surface area contributed by atoms with Crippen LogP contribution < -0.4 is 0 Å². The Balaban J connectivity index is 2.35. The predicted molar refractivity (Wildman–Crippen MR) is 59.4 cm³/mol. The highest BCUT2D eigenvalue weighted by Gasteiger charge is 2.31. The Labute approximate surface area is 98.5 Å². The number of phenols is 2. The summed E-state index contributed by atoms with van der Waals surface area (Å²) < 4.78 is 0. The SMILES string of the molecule is N#CC1CCCN1C(=O)c1c(O)cccc1O. The van der Waals surface area contributed by atoms with Crippen LogP contribution in [-0.4, -0.2) is 33.6 Å². The maximum atomic E-state index is 12.1. The van der Waals surface area contributed by atoms with E-state index >= 15 is 0 Å². The van der Waals surface area contributed by atoms with Gasteiger partial charge in [0.15, 0.2) is 0 Å². The molecule has 1 unspecified atom stereocenters. The van der Waals surface area contributed by atoms with Gasteiger partial charge in [-0.05, 0) is 25.0 Å². The van der Waals surface area contributed by atoms with Crippen molar-refractivity contribution in [1.82, 2.24) is 4.90 Å². The molecule has 88 valence electrons. The minimum atomic E-state index is -0.496. The molecule has 0 saturated carbocycles. The van der Waals surface area contributed by atoms with Crippen LogP contribution in [0.25, 0.3) is 0 Å². The number of nitrogens with zero attached hydrogens (tertiary/aromatic N) is 2. The molecule has 1 heterocycles. The van der Waals surface area contributed by atoms with Gasteiger partial charge in [-0.3, -0.25) is 4.79 Å². The molecule has 2 N–H and O–H groups in total. The number of phenolic OH excluding ortho intramolecular Hbond substituents is 2. The first-order valence-corrected chi connectivity index (χ1v) is 5.36. The fourth-order valence-corrected chi connectivity index (χ4v) is 2.03. The third kappa shape index (κ3) is 1.89. The zero-order chi connectivity index (χ0) is 12.4. The Morgan fingerprint density at radius 1 is 1.41 bits per heavy atom. The number of likely N-dealkylation sites (tertiary alicyclic amines) is 1. The average Bonchev–Trinajstić information content (AvgIpc) is 2.76. The van der Waals surface area contributed by atoms with Crippen LogP contribution in [0.4, 0.5) is 0 Å². The van der Waals surface area contributed by atoms with Crippen molar-refractivity contribution in [1.29, 1.82) is 5.26 Å². The first-order valence-electron chi connectivity index (χ1n) is 5.36. The lowest BCUT2D eigenvalue weighted by atomic mass is 10.1. The van der Waals surface area contributed by atoms with E-state index in [2.05, 4.69) is 0 Å². The second kappa shape index (κ2) is 4.34. The van der Waals surface area contributed by atoms with Crippen LogP contribution in [0.15, 0.2) is 18.2 Å². The van der Waals surface area contributed by atoms with Crippen LogP contribution in [0.5, 0.6) is 11.5 Å². The summed E-state index contributed by atoms with van der Waals surface area (Å²) in [4.78, 5) is 13.5. The number of aromatic hydroxyl groups is 2. The highest BCUT2D eigenvalue weighted by molar-refractivity contribution is 5.99. The molecule has 1 amide bonds. The Kier molecular flexibility index (Phi) is 2.88. The van der Waals surface area contributed by atoms with Crippen LogP contribution in [-0.2, 0) is 0 Å². The molecule has 17 heavy (non-hydrogen) atoms. The third-order valence-corrected chi connectivity index (χ3v) is 2.90. The molecule has 5 nitrogen and oxygen atoms in total. The van der Waals surface area contributed by atoms with Crippen molar-refractivity contribution in [3.63, 3.8) is 0 Å². The molecule has 0 bridgehead atoms. The number of benzene rings is 1. The van der Waals surface area contributed by atoms with Crippen molar-refractivity contribution >= 4 is 5.91 Å². The van der Waals surface area contributed by atoms with E-state index in [1.54, 1.807) is 0 Å². The molecule has 1 aliphatic heterocycles. The minimum absolute atomic E-state index is 0.130. The Hall–Kier alpha value is -2.22. The van der Waals surface area contributed by atoms with Gasteiger partial charge in [-0.1, -0.05) is 6.07 Å². The second-order valence-corrected chi connectivity index (χ2v) is 3.96. The quantitative estimate of drug-likeness (QED) is 0.762. The van der Waals surface area contributed by atoms with E-state index < -0.39 is 11.9 Å². The lowest BCUT2D eigenvalue weighted by Gasteiger charge is -2.20. The number of nitriles is 1. The molecule has 0 aliphatic carbocycles. The third-order valence-electron chi connectivity index (χ3n) is 2.90. The number of hydrogen-bond acceptors (Lipinski definition) is 4. The van der Waals surface area contributed by atoms with E-state index in [-0.39, 0.29) is 17.1 Å². The minimum Gasteiger partial charge on any atom is -0.507 e. The summed E-state index contributed by atoms with van der Waals surface area (Å²) in [6.07, 6.45) is 1.40. The smallest absolute Gasteiger partial charge is 0.262 e. The van der Waals surface area contributed by atoms with Crippen molar-refractivity contribution in [2.24, 2.45) is 0 Å². The van der Waals surface area contributed by atoms with Crippen molar-refractivity contribution in [2.75, 3.05) is 6.54 Å². The predicted octanol–water partition coefficient (Wildman–Crippen LogP) is 1.23. The summed E-state index contributed by atoms with van der Waals surface area (Å²) in [5.74, 6) is -1.03. The van der Waals surface area contributed by atoms with Crippen molar-refractivity contribution in [3.8, 4) is 17.6 Å². The van der Waals surface area contributed by atoms with E-state index in [1.165, 1.54) is 23.1 Å². The molecule has 5 heteroatoms. The maximum Gasteiger partial charge on any atom is 0.262 e. The maximum absolute atomic E-state index is 12.1. The van der Waals surface area contributed by atoms with Gasteiger partial charge in [0.25, 0.3) is 5.91 Å². The van der Waals surface area contributed by atoms with Crippen LogP contribution in [0.2, 0.25) is 0 Å². The Morgan fingerprint density at radius 2 is 2.06 bits per heavy atom. The van der Waals surface area contributed by atoms with E-state index in [9.17, 15) is 15.0 Å². The standard InChI is InChI=1S/C12H12N2O3/c13-7-8-3-2-6-14(8)12(17)11-9(15)4-1-5-10(11)16/h1,4-5,8,15-16H,2-3,6H2. The molecular weight excluding hydrogens is 220 g/mol. The van der Waals surface area contributed by atoms with Crippen molar-refractivity contribution < 1.29 is 15.0 Å². The van der Waals surface area contributed by atoms with Gasteiger partial charge in [-0.15, -0.1) is 0 Å². The summed E-state index contributed by atoms with van der Waals surface area (Å²) >= 11 is 0. The summed E-state index contributed by atoms with van der Waals surface area (Å²) in [5, 5.41) is 28.1. The summed E-state index contributed by atoms with van der Waals surface area (Å²) in [6.45, 7) is 0.477. The van der Waals surface area contributed by atoms with Crippen LogP contribution in [0, 0.1) is 11.3 Å². The van der Waals surface area contributed by atoms with E-state index in [4.69, 9.17) is 5.26 Å². The molecule has 1 atom stereocenters. The second-order valence-electron chi connectivity index (χ2n) is 3.96. The monoisotopic (exact) mass is 232 g/mol. The summed E-state index contributed by atoms with van der Waals surface area (Å²) in [5.41, 5.74) is -0.130. The number of carbonyl (C=O) groups excluding carboxylic acids is 1. The zero-order valence-corrected chi connectivity index (χ0v) is 9.13. The highest BCUT2D eigenvalue weighted by atomic mass is 16.3. The lowest BCUT2D eigenvalue weighted by Crippen LogP contribution is -2.34. The fourth-order valence-electron chi connectivity index (χ4n) is 2.03. The molecule has 2 rings (SSSR count). The van der Waals surface area contributed by atoms with Gasteiger partial charge >= 0.3 is 0 Å². The fraction of sp³-hybridized carbons (Fsp3) is 0.333. The largest absolute Gasteiger partial charge is 0.507 e. The highest BCUT2D eigenvalue weighted by Crippen LogP contribution is 2.30. The Bertz CT molecular complexity index is 473. The van der Waals surface area contributed by atoms with Gasteiger partial charge in [0.2, 0.25) is 0 Å². The first kappa shape index (κ1) is 11.3. The van der Waals surface area contributed by atoms with Crippen LogP contribution >= 0.6 is 0 Å². The van der Waals surface area contributed by atoms with Gasteiger partial charge in [-0.25, -0.2) is 0 Å². The van der Waals surface area contributed by atoms with Gasteiger partial charge in [0.05, 0.1) is 6.07 Å². The molecule has 1 aromatic rings. The molecule has 1 aliphatic rings. The molecule has 0 spiro atoms. The lowest BCUT2D eigenvalue weighted by molar-refractivity contribution is 0.0758. The number of amides is 1. The van der Waals surface area contributed by atoms with Crippen LogP contribution in [0.1, 0.15) is 23.2 Å². The van der Waals surface area contributed by atoms with E-state index in [1.807, 2.05) is 6.07 Å². The zero-order valence-electron chi connectivity index (χ0n) is 9.13. The molecule has 1 saturated heterocycles. The van der Waals surface area contributed by atoms with Gasteiger partial charge in [-0.2, -0.15) is 5.26 Å². The van der Waals surface area contributed by atoms with Gasteiger partial charge < -0.3 is 15.1 Å². The van der Waals surface area contributed by atoms with Crippen molar-refractivity contribution in [2.45, 2.75) is 18.9 Å². The van der Waals surface area contributed by atoms with Crippen LogP contribution in [0.3, 0.4) is 0 Å². The first-order chi connectivity index (χ1) is 8.15. The molecule has 0 aromatic heterocycles. The molecule has 0 radical (unpaired) electrons. The van der Waals surface area contributed by atoms with Gasteiger partial charge in [0.1, 0.15) is 23.1 Å². The number of rotatable bonds is 1. The average molecular weight is 232 g/mol.